The molecule has 0 aromatic heterocycles. The summed E-state index contributed by atoms with van der Waals surface area (Å²) in [4.78, 5) is 40.3. The zero-order valence-electron chi connectivity index (χ0n) is 34.3. The highest BCUT2D eigenvalue weighted by Gasteiger charge is 2.40. The Morgan fingerprint density at radius 2 is 0.849 bits per heavy atom. The second kappa shape index (κ2) is 36.3. The van der Waals surface area contributed by atoms with Crippen LogP contribution in [0.15, 0.2) is 48.6 Å². The lowest BCUT2D eigenvalue weighted by Gasteiger charge is -2.19. The van der Waals surface area contributed by atoms with Crippen LogP contribution in [0.1, 0.15) is 194 Å². The van der Waals surface area contributed by atoms with Crippen LogP contribution in [0.25, 0.3) is 0 Å². The summed E-state index contributed by atoms with van der Waals surface area (Å²) in [6.07, 6.45) is 45.5. The number of nitrogens with two attached hydrogens (primary N) is 1. The second-order valence-corrected chi connectivity index (χ2v) is 14.9. The molecule has 1 heterocycles. The van der Waals surface area contributed by atoms with Crippen molar-refractivity contribution in [3.8, 4) is 0 Å². The lowest BCUT2D eigenvalue weighted by atomic mass is 10.1. The van der Waals surface area contributed by atoms with Gasteiger partial charge in [-0.3, -0.25) is 14.4 Å². The van der Waals surface area contributed by atoms with E-state index < -0.39 is 12.2 Å². The van der Waals surface area contributed by atoms with Crippen molar-refractivity contribution in [3.63, 3.8) is 0 Å². The summed E-state index contributed by atoms with van der Waals surface area (Å²) in [5, 5.41) is 0. The number of ether oxygens (including phenoxy) is 2. The van der Waals surface area contributed by atoms with Gasteiger partial charge in [-0.25, -0.2) is 0 Å². The van der Waals surface area contributed by atoms with E-state index in [0.29, 0.717) is 25.8 Å². The number of carbonyl (C=O) groups is 3. The number of likely N-dealkylation sites (tertiary alicyclic amines) is 1. The van der Waals surface area contributed by atoms with E-state index in [2.05, 4.69) is 62.5 Å². The summed E-state index contributed by atoms with van der Waals surface area (Å²) in [7, 11) is 0. The van der Waals surface area contributed by atoms with E-state index in [4.69, 9.17) is 15.2 Å². The molecule has 0 aromatic carbocycles. The Hall–Kier alpha value is -2.67. The van der Waals surface area contributed by atoms with Crippen LogP contribution < -0.4 is 5.73 Å². The third-order valence-electron chi connectivity index (χ3n) is 9.89. The SMILES string of the molecule is CCCCC/C=C\C/C=C\CCCCCCCC(=O)O[C@@H]1CN(C(=O)CCCCCN)C[C@H]1OC(=O)CCCCCCC/C=C\C/C=C\CCCCC. The molecule has 2 atom stereocenters. The van der Waals surface area contributed by atoms with Crippen LogP contribution in [-0.4, -0.2) is 54.6 Å². The summed E-state index contributed by atoms with van der Waals surface area (Å²) < 4.78 is 11.7. The van der Waals surface area contributed by atoms with Crippen molar-refractivity contribution in [1.29, 1.82) is 0 Å². The summed E-state index contributed by atoms with van der Waals surface area (Å²) in [6, 6.07) is 0. The van der Waals surface area contributed by atoms with Crippen molar-refractivity contribution in [3.05, 3.63) is 48.6 Å². The molecular weight excluding hydrogens is 661 g/mol. The van der Waals surface area contributed by atoms with Crippen molar-refractivity contribution in [2.75, 3.05) is 19.6 Å². The van der Waals surface area contributed by atoms with E-state index >= 15 is 0 Å². The van der Waals surface area contributed by atoms with Crippen molar-refractivity contribution < 1.29 is 23.9 Å². The van der Waals surface area contributed by atoms with E-state index in [1.165, 1.54) is 64.2 Å². The van der Waals surface area contributed by atoms with Crippen LogP contribution in [0.4, 0.5) is 0 Å². The predicted octanol–water partition coefficient (Wildman–Crippen LogP) is 11.8. The molecule has 0 aliphatic carbocycles. The fourth-order valence-corrected chi connectivity index (χ4v) is 6.55. The van der Waals surface area contributed by atoms with E-state index in [9.17, 15) is 14.4 Å². The second-order valence-electron chi connectivity index (χ2n) is 14.9. The molecule has 1 fully saturated rings. The molecule has 2 N–H and O–H groups in total. The number of rotatable bonds is 35. The summed E-state index contributed by atoms with van der Waals surface area (Å²) in [6.45, 7) is 5.66. The molecule has 1 aliphatic heterocycles. The molecule has 1 aliphatic rings. The number of nitrogens with zero attached hydrogens (tertiary/aromatic N) is 1. The third kappa shape index (κ3) is 29.4. The first kappa shape index (κ1) is 48.3. The highest BCUT2D eigenvalue weighted by molar-refractivity contribution is 5.77. The van der Waals surface area contributed by atoms with Crippen LogP contribution in [-0.2, 0) is 23.9 Å². The van der Waals surface area contributed by atoms with Crippen LogP contribution in [0, 0.1) is 0 Å². The van der Waals surface area contributed by atoms with E-state index in [0.717, 1.165) is 96.3 Å². The van der Waals surface area contributed by atoms with Gasteiger partial charge in [0.15, 0.2) is 12.2 Å². The zero-order chi connectivity index (χ0) is 38.5. The first-order chi connectivity index (χ1) is 26.0. The van der Waals surface area contributed by atoms with Gasteiger partial charge in [0, 0.05) is 19.3 Å². The molecule has 7 heteroatoms. The molecule has 1 saturated heterocycles. The summed E-state index contributed by atoms with van der Waals surface area (Å²) >= 11 is 0. The average Bonchev–Trinajstić information content (AvgIpc) is 3.54. The van der Waals surface area contributed by atoms with Crippen molar-refractivity contribution in [2.45, 2.75) is 206 Å². The van der Waals surface area contributed by atoms with Crippen molar-refractivity contribution in [2.24, 2.45) is 5.73 Å². The van der Waals surface area contributed by atoms with Crippen molar-refractivity contribution in [1.82, 2.24) is 4.90 Å². The van der Waals surface area contributed by atoms with Gasteiger partial charge in [0.1, 0.15) is 0 Å². The van der Waals surface area contributed by atoms with E-state index in [1.54, 1.807) is 4.90 Å². The molecule has 7 nitrogen and oxygen atoms in total. The average molecular weight is 741 g/mol. The Morgan fingerprint density at radius 1 is 0.491 bits per heavy atom. The Labute approximate surface area is 325 Å². The number of amides is 1. The Morgan fingerprint density at radius 3 is 1.26 bits per heavy atom. The number of hydrogen-bond donors (Lipinski definition) is 1. The monoisotopic (exact) mass is 741 g/mol. The molecule has 1 rings (SSSR count). The van der Waals surface area contributed by atoms with Gasteiger partial charge in [-0.1, -0.05) is 133 Å². The lowest BCUT2D eigenvalue weighted by molar-refractivity contribution is -0.164. The third-order valence-corrected chi connectivity index (χ3v) is 9.89. The standard InChI is InChI=1S/C46H80N2O5/c1-3-5-7-9-11-13-15-17-19-21-23-25-27-29-33-37-45(50)52-42-40-48(44(49)36-32-31-35-39-47)41-43(42)53-46(51)38-34-30-28-26-24-22-20-18-16-14-12-10-8-6-4-2/h11-14,17-20,42-43H,3-10,15-16,21-41,47H2,1-2H3/b13-11-,14-12-,19-17-,20-18-/t42-,43-/m1/s1. The minimum atomic E-state index is -0.609. The molecule has 53 heavy (non-hydrogen) atoms. The Kier molecular flexibility index (Phi) is 33.1. The van der Waals surface area contributed by atoms with Gasteiger partial charge < -0.3 is 20.1 Å². The number of unbranched alkanes of at least 4 members (excludes halogenated alkanes) is 18. The molecule has 1 amide bonds. The van der Waals surface area contributed by atoms with Gasteiger partial charge in [0.25, 0.3) is 0 Å². The van der Waals surface area contributed by atoms with Gasteiger partial charge >= 0.3 is 11.9 Å². The Bertz CT molecular complexity index is 951. The number of hydrogen-bond acceptors (Lipinski definition) is 6. The van der Waals surface area contributed by atoms with E-state index in [-0.39, 0.29) is 30.9 Å². The molecule has 304 valence electrons. The van der Waals surface area contributed by atoms with Gasteiger partial charge in [-0.05, 0) is 96.4 Å². The fraction of sp³-hybridized carbons (Fsp3) is 0.761. The predicted molar refractivity (Wildman–Crippen MR) is 223 cm³/mol. The number of allylic oxidation sites excluding steroid dienone is 8. The van der Waals surface area contributed by atoms with Crippen molar-refractivity contribution >= 4 is 17.8 Å². The molecule has 0 spiro atoms. The van der Waals surface area contributed by atoms with Crippen LogP contribution in [0.3, 0.4) is 0 Å². The van der Waals surface area contributed by atoms with Gasteiger partial charge in [-0.2, -0.15) is 0 Å². The van der Waals surface area contributed by atoms with Crippen LogP contribution >= 0.6 is 0 Å². The smallest absolute Gasteiger partial charge is 0.306 e. The lowest BCUT2D eigenvalue weighted by Crippen LogP contribution is -2.33. The maximum atomic E-state index is 12.9. The fourth-order valence-electron chi connectivity index (χ4n) is 6.55. The highest BCUT2D eigenvalue weighted by Crippen LogP contribution is 2.21. The maximum Gasteiger partial charge on any atom is 0.306 e. The number of esters is 2. The van der Waals surface area contributed by atoms with Gasteiger partial charge in [0.05, 0.1) is 13.1 Å². The van der Waals surface area contributed by atoms with Gasteiger partial charge in [0.2, 0.25) is 5.91 Å². The first-order valence-electron chi connectivity index (χ1n) is 22.0. The summed E-state index contributed by atoms with van der Waals surface area (Å²) in [5.74, 6) is -0.524. The maximum absolute atomic E-state index is 12.9. The van der Waals surface area contributed by atoms with E-state index in [1.807, 2.05) is 0 Å². The topological polar surface area (TPSA) is 98.9 Å². The minimum absolute atomic E-state index is 0.0176. The van der Waals surface area contributed by atoms with Crippen LogP contribution in [0.2, 0.25) is 0 Å². The normalized spacial score (nSPS) is 16.2. The van der Waals surface area contributed by atoms with Gasteiger partial charge in [-0.15, -0.1) is 0 Å². The highest BCUT2D eigenvalue weighted by atomic mass is 16.6. The summed E-state index contributed by atoms with van der Waals surface area (Å²) in [5.41, 5.74) is 5.60. The Balaban J connectivity index is 2.32. The number of carbonyl (C=O) groups excluding carboxylic acids is 3. The largest absolute Gasteiger partial charge is 0.456 e. The zero-order valence-corrected chi connectivity index (χ0v) is 34.3. The molecular formula is C46H80N2O5. The molecule has 0 radical (unpaired) electrons. The van der Waals surface area contributed by atoms with Crippen LogP contribution in [0.5, 0.6) is 0 Å². The molecule has 0 aromatic rings. The first-order valence-corrected chi connectivity index (χ1v) is 22.0. The molecule has 0 unspecified atom stereocenters. The molecule has 0 bridgehead atoms. The quantitative estimate of drug-likeness (QED) is 0.0394. The minimum Gasteiger partial charge on any atom is -0.456 e. The molecule has 0 saturated carbocycles.